The lowest BCUT2D eigenvalue weighted by Crippen LogP contribution is -2.58. The van der Waals surface area contributed by atoms with Gasteiger partial charge in [-0.25, -0.2) is 0 Å². The SMILES string of the molecule is CC(=O)OCC1O[C@@H](OCCCCC(=O)CCOCC(COCCC(=O)NCCCC[C@@H]2OC(COC(C)=O)[C@H](C)[C@H](C)C2C)(COCCC(=O)NCCCO[C@@H]2OC(COC(C)=O)[C@H](C)[C@H](C)C2C)NC(=O)CCCC(=O)OCc2ccccc2)C(C)[C@@H](C)[C@H]1C. The second-order valence-electron chi connectivity index (χ2n) is 26.0. The number of esters is 4. The van der Waals surface area contributed by atoms with E-state index in [1.807, 2.05) is 30.3 Å². The molecular formula is C69H113N3O20. The molecule has 92 heavy (non-hydrogen) atoms. The first kappa shape index (κ1) is 79.3. The Morgan fingerprint density at radius 3 is 1.39 bits per heavy atom. The van der Waals surface area contributed by atoms with Crippen molar-refractivity contribution in [2.75, 3.05) is 85.8 Å². The van der Waals surface area contributed by atoms with Gasteiger partial charge in [-0.05, 0) is 91.9 Å². The highest BCUT2D eigenvalue weighted by Crippen LogP contribution is 2.39. The highest BCUT2D eigenvalue weighted by molar-refractivity contribution is 5.79. The minimum Gasteiger partial charge on any atom is -0.463 e. The number of benzene rings is 1. The van der Waals surface area contributed by atoms with Gasteiger partial charge in [0.15, 0.2) is 12.6 Å². The molecule has 524 valence electrons. The second kappa shape index (κ2) is 43.0. The van der Waals surface area contributed by atoms with Crippen molar-refractivity contribution in [3.8, 4) is 0 Å². The molecule has 1 aromatic carbocycles. The summed E-state index contributed by atoms with van der Waals surface area (Å²) in [4.78, 5) is 101. The van der Waals surface area contributed by atoms with Crippen molar-refractivity contribution >= 4 is 47.4 Å². The minimum absolute atomic E-state index is 0.000112. The Morgan fingerprint density at radius 2 is 0.880 bits per heavy atom. The molecule has 0 saturated carbocycles. The maximum atomic E-state index is 13.9. The van der Waals surface area contributed by atoms with Crippen molar-refractivity contribution < 1.29 is 95.2 Å². The van der Waals surface area contributed by atoms with E-state index in [4.69, 9.17) is 56.8 Å². The third-order valence-electron chi connectivity index (χ3n) is 18.8. The number of Topliss-reactive ketones (excluding diaryl/α,β-unsaturated/α-hetero) is 1. The van der Waals surface area contributed by atoms with E-state index >= 15 is 0 Å². The molecule has 3 N–H and O–H groups in total. The summed E-state index contributed by atoms with van der Waals surface area (Å²) < 4.78 is 70.8. The first-order valence-electron chi connectivity index (χ1n) is 33.8. The Balaban J connectivity index is 1.35. The first-order valence-corrected chi connectivity index (χ1v) is 33.8. The third-order valence-corrected chi connectivity index (χ3v) is 18.8. The van der Waals surface area contributed by atoms with Gasteiger partial charge in [-0.15, -0.1) is 0 Å². The van der Waals surface area contributed by atoms with E-state index in [2.05, 4.69) is 78.3 Å². The van der Waals surface area contributed by atoms with Crippen LogP contribution in [-0.2, 0) is 102 Å². The van der Waals surface area contributed by atoms with Crippen LogP contribution in [0.5, 0.6) is 0 Å². The standard InChI is InChI=1S/C69H113N3O20/c1-45-48(4)59(90-60(49(45)5)39-86-54(10)73)25-16-18-31-70-63(77)29-36-82-43-69(72-65(79)26-20-27-66(80)89-38-57-22-14-13-15-23-57,42-81-35-28-58(76)24-17-19-33-84-67-52(8)46(2)50(6)61(91-67)40-87-55(11)74)44-83-37-30-64(78)71-32-21-34-85-68-53(9)47(3)51(7)62(92-68)41-88-56(12)75/h13-15,22-23,45-53,59-62,67-68H,16-21,24-44H2,1-12H3,(H,70,77)(H,71,78)(H,72,79)/t45-,46+,47+,48?,49-,50-,51-,52?,53?,59+,60?,61?,62?,67-,68-,69?/m1/s1. The minimum atomic E-state index is -1.37. The van der Waals surface area contributed by atoms with Crippen LogP contribution in [0.4, 0.5) is 0 Å². The molecule has 3 saturated heterocycles. The van der Waals surface area contributed by atoms with Crippen molar-refractivity contribution in [2.45, 2.75) is 216 Å². The van der Waals surface area contributed by atoms with Crippen LogP contribution in [0.2, 0.25) is 0 Å². The van der Waals surface area contributed by atoms with Gasteiger partial charge in [0, 0.05) is 90.8 Å². The molecule has 3 heterocycles. The summed E-state index contributed by atoms with van der Waals surface area (Å²) in [6, 6.07) is 9.27. The number of nitrogens with one attached hydrogen (secondary N) is 3. The zero-order valence-corrected chi connectivity index (χ0v) is 57.3. The first-order chi connectivity index (χ1) is 43.9. The Bertz CT molecular complexity index is 2170. The quantitative estimate of drug-likeness (QED) is 0.0315. The van der Waals surface area contributed by atoms with Gasteiger partial charge in [0.2, 0.25) is 17.7 Å². The topological polar surface area (TPSA) is 283 Å². The molecule has 7 unspecified atom stereocenters. The number of ether oxygens (including phenoxy) is 12. The molecule has 16 atom stereocenters. The summed E-state index contributed by atoms with van der Waals surface area (Å²) in [6.45, 7) is 24.8. The Kier molecular flexibility index (Phi) is 37.1. The van der Waals surface area contributed by atoms with E-state index in [0.29, 0.717) is 57.4 Å². The summed E-state index contributed by atoms with van der Waals surface area (Å²) in [5.74, 6) is -0.509. The molecule has 0 radical (unpaired) electrons. The molecule has 0 aliphatic carbocycles. The average molecular weight is 1300 g/mol. The zero-order valence-electron chi connectivity index (χ0n) is 57.3. The molecule has 3 fully saturated rings. The predicted molar refractivity (Wildman–Crippen MR) is 341 cm³/mol. The van der Waals surface area contributed by atoms with E-state index < -0.39 is 30.0 Å². The fourth-order valence-electron chi connectivity index (χ4n) is 11.7. The third kappa shape index (κ3) is 29.7. The zero-order chi connectivity index (χ0) is 67.6. The van der Waals surface area contributed by atoms with Gasteiger partial charge >= 0.3 is 23.9 Å². The Labute approximate surface area is 547 Å². The summed E-state index contributed by atoms with van der Waals surface area (Å²) in [6.07, 6.45) is 2.76. The van der Waals surface area contributed by atoms with Crippen LogP contribution >= 0.6 is 0 Å². The van der Waals surface area contributed by atoms with E-state index in [-0.39, 0.29) is 212 Å². The summed E-state index contributed by atoms with van der Waals surface area (Å²) in [7, 11) is 0. The van der Waals surface area contributed by atoms with Crippen LogP contribution in [0.25, 0.3) is 0 Å². The van der Waals surface area contributed by atoms with E-state index in [1.165, 1.54) is 20.8 Å². The van der Waals surface area contributed by atoms with Gasteiger partial charge in [0.1, 0.15) is 37.7 Å². The Hall–Kier alpha value is -5.14. The molecule has 0 bridgehead atoms. The number of ketones is 1. The number of carbonyl (C=O) groups is 8. The van der Waals surface area contributed by atoms with E-state index in [9.17, 15) is 38.4 Å². The maximum Gasteiger partial charge on any atom is 0.306 e. The van der Waals surface area contributed by atoms with Crippen LogP contribution in [0.3, 0.4) is 0 Å². The van der Waals surface area contributed by atoms with Crippen LogP contribution in [0, 0.1) is 53.3 Å². The highest BCUT2D eigenvalue weighted by atomic mass is 16.7. The van der Waals surface area contributed by atoms with Gasteiger partial charge in [0.25, 0.3) is 0 Å². The molecule has 3 amide bonds. The lowest BCUT2D eigenvalue weighted by molar-refractivity contribution is -0.255. The maximum absolute atomic E-state index is 13.9. The smallest absolute Gasteiger partial charge is 0.306 e. The summed E-state index contributed by atoms with van der Waals surface area (Å²) in [5, 5.41) is 8.93. The van der Waals surface area contributed by atoms with Crippen LogP contribution in [0.15, 0.2) is 30.3 Å². The van der Waals surface area contributed by atoms with Gasteiger partial charge in [-0.3, -0.25) is 38.4 Å². The van der Waals surface area contributed by atoms with Crippen LogP contribution in [0.1, 0.15) is 172 Å². The molecule has 0 aromatic heterocycles. The molecule has 23 heteroatoms. The molecule has 3 aliphatic rings. The van der Waals surface area contributed by atoms with Crippen molar-refractivity contribution in [3.63, 3.8) is 0 Å². The molecule has 23 nitrogen and oxygen atoms in total. The monoisotopic (exact) mass is 1300 g/mol. The number of hydrogen-bond acceptors (Lipinski definition) is 20. The number of hydrogen-bond donors (Lipinski definition) is 3. The second-order valence-corrected chi connectivity index (χ2v) is 26.0. The van der Waals surface area contributed by atoms with Gasteiger partial charge < -0.3 is 72.8 Å². The lowest BCUT2D eigenvalue weighted by atomic mass is 9.75. The van der Waals surface area contributed by atoms with Gasteiger partial charge in [-0.2, -0.15) is 0 Å². The van der Waals surface area contributed by atoms with Crippen molar-refractivity contribution in [1.29, 1.82) is 0 Å². The molecular weight excluding hydrogens is 1190 g/mol. The number of rotatable bonds is 44. The van der Waals surface area contributed by atoms with E-state index in [1.54, 1.807) is 0 Å². The largest absolute Gasteiger partial charge is 0.463 e. The van der Waals surface area contributed by atoms with Gasteiger partial charge in [0.05, 0.1) is 70.7 Å². The van der Waals surface area contributed by atoms with E-state index in [0.717, 1.165) is 24.8 Å². The van der Waals surface area contributed by atoms with Crippen molar-refractivity contribution in [2.24, 2.45) is 53.3 Å². The molecule has 1 aromatic rings. The number of unbranched alkanes of at least 4 members (excludes halogenated alkanes) is 2. The fourth-order valence-corrected chi connectivity index (χ4v) is 11.7. The van der Waals surface area contributed by atoms with Crippen molar-refractivity contribution in [1.82, 2.24) is 16.0 Å². The number of carbonyl (C=O) groups excluding carboxylic acids is 8. The fraction of sp³-hybridized carbons (Fsp3) is 0.797. The lowest BCUT2D eigenvalue weighted by Gasteiger charge is -2.43. The highest BCUT2D eigenvalue weighted by Gasteiger charge is 2.43. The molecule has 3 aliphatic heterocycles. The predicted octanol–water partition coefficient (Wildman–Crippen LogP) is 8.17. The summed E-state index contributed by atoms with van der Waals surface area (Å²) >= 11 is 0. The molecule has 4 rings (SSSR count). The van der Waals surface area contributed by atoms with Crippen LogP contribution in [-0.4, -0.2) is 176 Å². The average Bonchev–Trinajstić information content (AvgIpc) is 3.14. The Morgan fingerprint density at radius 1 is 0.424 bits per heavy atom. The van der Waals surface area contributed by atoms with Crippen molar-refractivity contribution in [3.05, 3.63) is 35.9 Å². The number of amides is 3. The summed E-state index contributed by atoms with van der Waals surface area (Å²) in [5.41, 5.74) is -0.532. The van der Waals surface area contributed by atoms with Crippen LogP contribution < -0.4 is 16.0 Å². The van der Waals surface area contributed by atoms with Gasteiger partial charge in [-0.1, -0.05) is 92.6 Å². The molecule has 0 spiro atoms. The normalized spacial score (nSPS) is 27.0.